The van der Waals surface area contributed by atoms with Crippen molar-refractivity contribution in [3.05, 3.63) is 23.9 Å². The van der Waals surface area contributed by atoms with E-state index in [-0.39, 0.29) is 12.0 Å². The minimum Gasteiger partial charge on any atom is -0.393 e. The molecule has 0 saturated carbocycles. The lowest BCUT2D eigenvalue weighted by atomic mass is 10.1. The average Bonchev–Trinajstić information content (AvgIpc) is 2.30. The zero-order valence-corrected chi connectivity index (χ0v) is 8.97. The second kappa shape index (κ2) is 4.49. The van der Waals surface area contributed by atoms with Crippen molar-refractivity contribution in [1.82, 2.24) is 9.88 Å². The molecule has 1 fully saturated rings. The van der Waals surface area contributed by atoms with Gasteiger partial charge in [-0.05, 0) is 25.0 Å². The molecule has 16 heavy (non-hydrogen) atoms. The minimum absolute atomic E-state index is 0.0422. The number of carbonyl (C=O) groups excluding carboxylic acids is 1. The molecule has 0 radical (unpaired) electrons. The summed E-state index contributed by atoms with van der Waals surface area (Å²) in [4.78, 5) is 17.6. The van der Waals surface area contributed by atoms with Gasteiger partial charge < -0.3 is 15.7 Å². The van der Waals surface area contributed by atoms with Crippen molar-refractivity contribution in [3.8, 4) is 0 Å². The van der Waals surface area contributed by atoms with E-state index in [0.717, 1.165) is 0 Å². The standard InChI is InChI=1S/C11H15N3O2/c12-10-2-1-8(7-13-10)11(16)14-5-3-9(15)4-6-14/h1-2,7,9,15H,3-6H2,(H2,12,13). The van der Waals surface area contributed by atoms with Crippen LogP contribution in [0.5, 0.6) is 0 Å². The number of piperidine rings is 1. The Morgan fingerprint density at radius 3 is 2.69 bits per heavy atom. The van der Waals surface area contributed by atoms with E-state index in [0.29, 0.717) is 37.3 Å². The van der Waals surface area contributed by atoms with E-state index in [1.165, 1.54) is 6.20 Å². The van der Waals surface area contributed by atoms with E-state index in [1.54, 1.807) is 17.0 Å². The minimum atomic E-state index is -0.270. The SMILES string of the molecule is Nc1ccc(C(=O)N2CCC(O)CC2)cn1. The Kier molecular flexibility index (Phi) is 3.05. The highest BCUT2D eigenvalue weighted by Gasteiger charge is 2.22. The highest BCUT2D eigenvalue weighted by Crippen LogP contribution is 2.13. The van der Waals surface area contributed by atoms with Gasteiger partial charge in [0.05, 0.1) is 11.7 Å². The molecular formula is C11H15N3O2. The van der Waals surface area contributed by atoms with E-state index in [2.05, 4.69) is 4.98 Å². The predicted octanol–water partition coefficient (Wildman–Crippen LogP) is 0.261. The van der Waals surface area contributed by atoms with Crippen LogP contribution in [0.2, 0.25) is 0 Å². The van der Waals surface area contributed by atoms with Gasteiger partial charge in [-0.15, -0.1) is 0 Å². The molecule has 1 aliphatic heterocycles. The van der Waals surface area contributed by atoms with Crippen LogP contribution in [0.4, 0.5) is 5.82 Å². The Morgan fingerprint density at radius 2 is 2.12 bits per heavy atom. The van der Waals surface area contributed by atoms with Gasteiger partial charge in [-0.2, -0.15) is 0 Å². The molecule has 1 aromatic heterocycles. The monoisotopic (exact) mass is 221 g/mol. The summed E-state index contributed by atoms with van der Waals surface area (Å²) in [5.74, 6) is 0.366. The topological polar surface area (TPSA) is 79.5 Å². The maximum atomic E-state index is 12.0. The molecule has 3 N–H and O–H groups in total. The molecule has 1 amide bonds. The van der Waals surface area contributed by atoms with E-state index < -0.39 is 0 Å². The van der Waals surface area contributed by atoms with Crippen molar-refractivity contribution in [1.29, 1.82) is 0 Å². The quantitative estimate of drug-likeness (QED) is 0.713. The third-order valence-electron chi connectivity index (χ3n) is 2.79. The average molecular weight is 221 g/mol. The third-order valence-corrected chi connectivity index (χ3v) is 2.79. The van der Waals surface area contributed by atoms with Crippen LogP contribution in [-0.4, -0.2) is 40.1 Å². The van der Waals surface area contributed by atoms with Gasteiger partial charge in [0.15, 0.2) is 0 Å². The second-order valence-corrected chi connectivity index (χ2v) is 4.00. The Labute approximate surface area is 93.9 Å². The van der Waals surface area contributed by atoms with Gasteiger partial charge in [0.2, 0.25) is 0 Å². The molecule has 2 heterocycles. The van der Waals surface area contributed by atoms with Crippen LogP contribution in [0.1, 0.15) is 23.2 Å². The zero-order valence-electron chi connectivity index (χ0n) is 8.97. The summed E-state index contributed by atoms with van der Waals surface area (Å²) >= 11 is 0. The highest BCUT2D eigenvalue weighted by atomic mass is 16.3. The fourth-order valence-electron chi connectivity index (χ4n) is 1.78. The third kappa shape index (κ3) is 2.30. The smallest absolute Gasteiger partial charge is 0.255 e. The summed E-state index contributed by atoms with van der Waals surface area (Å²) in [7, 11) is 0. The predicted molar refractivity (Wildman–Crippen MR) is 59.8 cm³/mol. The summed E-state index contributed by atoms with van der Waals surface area (Å²) in [6.07, 6.45) is 2.51. The number of pyridine rings is 1. The lowest BCUT2D eigenvalue weighted by molar-refractivity contribution is 0.0546. The summed E-state index contributed by atoms with van der Waals surface area (Å²) in [5.41, 5.74) is 6.00. The summed E-state index contributed by atoms with van der Waals surface area (Å²) in [6.45, 7) is 1.20. The normalized spacial score (nSPS) is 17.4. The molecule has 0 aliphatic carbocycles. The fraction of sp³-hybridized carbons (Fsp3) is 0.455. The lowest BCUT2D eigenvalue weighted by Gasteiger charge is -2.29. The lowest BCUT2D eigenvalue weighted by Crippen LogP contribution is -2.40. The van der Waals surface area contributed by atoms with E-state index in [9.17, 15) is 9.90 Å². The maximum Gasteiger partial charge on any atom is 0.255 e. The summed E-state index contributed by atoms with van der Waals surface area (Å²) < 4.78 is 0. The number of nitrogen functional groups attached to an aromatic ring is 1. The number of rotatable bonds is 1. The first-order valence-electron chi connectivity index (χ1n) is 5.35. The molecule has 2 rings (SSSR count). The van der Waals surface area contributed by atoms with Gasteiger partial charge in [-0.1, -0.05) is 0 Å². The van der Waals surface area contributed by atoms with Crippen molar-refractivity contribution in [2.75, 3.05) is 18.8 Å². The molecule has 5 nitrogen and oxygen atoms in total. The Morgan fingerprint density at radius 1 is 1.44 bits per heavy atom. The highest BCUT2D eigenvalue weighted by molar-refractivity contribution is 5.94. The number of nitrogens with two attached hydrogens (primary N) is 1. The number of aliphatic hydroxyl groups excluding tert-OH is 1. The van der Waals surface area contributed by atoms with Crippen LogP contribution >= 0.6 is 0 Å². The number of anilines is 1. The van der Waals surface area contributed by atoms with Crippen LogP contribution in [-0.2, 0) is 0 Å². The number of hydrogen-bond donors (Lipinski definition) is 2. The number of amides is 1. The molecule has 1 saturated heterocycles. The van der Waals surface area contributed by atoms with Crippen LogP contribution in [0.15, 0.2) is 18.3 Å². The van der Waals surface area contributed by atoms with Crippen molar-refractivity contribution >= 4 is 11.7 Å². The van der Waals surface area contributed by atoms with Crippen LogP contribution in [0.25, 0.3) is 0 Å². The van der Waals surface area contributed by atoms with Gasteiger partial charge in [-0.3, -0.25) is 4.79 Å². The number of aliphatic hydroxyl groups is 1. The summed E-state index contributed by atoms with van der Waals surface area (Å²) in [5, 5.41) is 9.35. The molecule has 86 valence electrons. The van der Waals surface area contributed by atoms with Crippen LogP contribution < -0.4 is 5.73 Å². The summed E-state index contributed by atoms with van der Waals surface area (Å²) in [6, 6.07) is 3.29. The Bertz CT molecular complexity index is 369. The van der Waals surface area contributed by atoms with Crippen LogP contribution in [0.3, 0.4) is 0 Å². The van der Waals surface area contributed by atoms with Crippen molar-refractivity contribution in [3.63, 3.8) is 0 Å². The van der Waals surface area contributed by atoms with Gasteiger partial charge in [-0.25, -0.2) is 4.98 Å². The second-order valence-electron chi connectivity index (χ2n) is 4.00. The molecule has 1 aromatic rings. The van der Waals surface area contributed by atoms with Crippen molar-refractivity contribution < 1.29 is 9.90 Å². The van der Waals surface area contributed by atoms with Gasteiger partial charge >= 0.3 is 0 Å². The van der Waals surface area contributed by atoms with Gasteiger partial charge in [0.1, 0.15) is 5.82 Å². The molecule has 0 aromatic carbocycles. The van der Waals surface area contributed by atoms with E-state index >= 15 is 0 Å². The van der Waals surface area contributed by atoms with Crippen molar-refractivity contribution in [2.45, 2.75) is 18.9 Å². The van der Waals surface area contributed by atoms with Gasteiger partial charge in [0, 0.05) is 19.3 Å². The fourth-order valence-corrected chi connectivity index (χ4v) is 1.78. The first kappa shape index (κ1) is 10.9. The molecule has 0 bridgehead atoms. The van der Waals surface area contributed by atoms with Crippen LogP contribution in [0, 0.1) is 0 Å². The largest absolute Gasteiger partial charge is 0.393 e. The molecule has 0 spiro atoms. The molecule has 1 aliphatic rings. The number of aromatic nitrogens is 1. The number of nitrogens with zero attached hydrogens (tertiary/aromatic N) is 2. The maximum absolute atomic E-state index is 12.0. The molecule has 0 atom stereocenters. The first-order chi connectivity index (χ1) is 7.66. The molecule has 0 unspecified atom stereocenters. The molecule has 5 heteroatoms. The van der Waals surface area contributed by atoms with E-state index in [4.69, 9.17) is 5.73 Å². The first-order valence-corrected chi connectivity index (χ1v) is 5.35. The Balaban J connectivity index is 2.05. The zero-order chi connectivity index (χ0) is 11.5. The number of likely N-dealkylation sites (tertiary alicyclic amines) is 1. The van der Waals surface area contributed by atoms with Crippen molar-refractivity contribution in [2.24, 2.45) is 0 Å². The van der Waals surface area contributed by atoms with Gasteiger partial charge in [0.25, 0.3) is 5.91 Å². The molecular weight excluding hydrogens is 206 g/mol. The van der Waals surface area contributed by atoms with E-state index in [1.807, 2.05) is 0 Å². The Hall–Kier alpha value is -1.62. The number of hydrogen-bond acceptors (Lipinski definition) is 4. The number of carbonyl (C=O) groups is 1.